The van der Waals surface area contributed by atoms with Crippen molar-refractivity contribution in [2.45, 2.75) is 62.8 Å². The van der Waals surface area contributed by atoms with Crippen molar-refractivity contribution in [3.8, 4) is 0 Å². The Bertz CT molecular complexity index is 1170. The molecular formula is C26H33F3N6OS. The van der Waals surface area contributed by atoms with Gasteiger partial charge in [0.1, 0.15) is 6.23 Å². The number of aromatic nitrogens is 4. The lowest BCUT2D eigenvalue weighted by atomic mass is 9.92. The number of nitrogens with zero attached hydrogens (tertiary/aromatic N) is 6. The number of likely N-dealkylation sites (tertiary alicyclic amines) is 2. The molecule has 37 heavy (non-hydrogen) atoms. The average Bonchev–Trinajstić information content (AvgIpc) is 3.26. The van der Waals surface area contributed by atoms with Crippen LogP contribution in [0.5, 0.6) is 0 Å². The van der Waals surface area contributed by atoms with Crippen LogP contribution in [-0.4, -0.2) is 72.8 Å². The van der Waals surface area contributed by atoms with E-state index in [1.165, 1.54) is 0 Å². The number of alkyl halides is 3. The van der Waals surface area contributed by atoms with Crippen molar-refractivity contribution in [1.82, 2.24) is 29.5 Å². The lowest BCUT2D eigenvalue weighted by molar-refractivity contribution is -0.137. The maximum Gasteiger partial charge on any atom is 0.416 e. The molecule has 1 unspecified atom stereocenters. The molecule has 1 aromatic carbocycles. The van der Waals surface area contributed by atoms with Crippen molar-refractivity contribution in [3.05, 3.63) is 47.8 Å². The second-order valence-corrected chi connectivity index (χ2v) is 11.2. The summed E-state index contributed by atoms with van der Waals surface area (Å²) in [7, 11) is 0. The highest BCUT2D eigenvalue weighted by atomic mass is 32.2. The molecule has 4 heterocycles. The van der Waals surface area contributed by atoms with Gasteiger partial charge in [-0.3, -0.25) is 9.80 Å². The van der Waals surface area contributed by atoms with Crippen molar-refractivity contribution in [3.63, 3.8) is 0 Å². The molecule has 2 aromatic heterocycles. The summed E-state index contributed by atoms with van der Waals surface area (Å²) in [5.41, 5.74) is 1.62. The summed E-state index contributed by atoms with van der Waals surface area (Å²) in [5.74, 6) is 1.04. The molecule has 0 amide bonds. The molecule has 3 aromatic rings. The summed E-state index contributed by atoms with van der Waals surface area (Å²) in [5, 5.41) is 19.7. The Morgan fingerprint density at radius 2 is 1.81 bits per heavy atom. The van der Waals surface area contributed by atoms with E-state index in [9.17, 15) is 18.3 Å². The van der Waals surface area contributed by atoms with Gasteiger partial charge >= 0.3 is 6.18 Å². The zero-order valence-electron chi connectivity index (χ0n) is 20.9. The minimum atomic E-state index is -4.39. The third kappa shape index (κ3) is 5.94. The number of imidazole rings is 1. The second-order valence-electron chi connectivity index (χ2n) is 9.94. The highest BCUT2D eigenvalue weighted by Crippen LogP contribution is 2.37. The highest BCUT2D eigenvalue weighted by Gasteiger charge is 2.34. The summed E-state index contributed by atoms with van der Waals surface area (Å²) in [6.45, 7) is 6.27. The number of aliphatic hydroxyl groups is 1. The van der Waals surface area contributed by atoms with E-state index in [0.29, 0.717) is 5.52 Å². The Kier molecular flexibility index (Phi) is 8.04. The van der Waals surface area contributed by atoms with Crippen LogP contribution in [0.15, 0.2) is 41.8 Å². The van der Waals surface area contributed by atoms with Gasteiger partial charge in [-0.15, -0.1) is 0 Å². The molecule has 2 aliphatic heterocycles. The fourth-order valence-electron chi connectivity index (χ4n) is 5.62. The van der Waals surface area contributed by atoms with Gasteiger partial charge in [-0.05, 0) is 74.4 Å². The number of piperidine rings is 2. The summed E-state index contributed by atoms with van der Waals surface area (Å²) < 4.78 is 41.8. The van der Waals surface area contributed by atoms with Crippen LogP contribution >= 0.6 is 11.8 Å². The van der Waals surface area contributed by atoms with Gasteiger partial charge in [0.25, 0.3) is 0 Å². The molecule has 11 heteroatoms. The van der Waals surface area contributed by atoms with Gasteiger partial charge in [-0.2, -0.15) is 23.4 Å². The van der Waals surface area contributed by atoms with Crippen LogP contribution in [0.3, 0.4) is 0 Å². The van der Waals surface area contributed by atoms with E-state index in [1.54, 1.807) is 30.2 Å². The molecule has 0 radical (unpaired) electrons. The van der Waals surface area contributed by atoms with Gasteiger partial charge < -0.3 is 9.67 Å². The minimum Gasteiger partial charge on any atom is -0.378 e. The van der Waals surface area contributed by atoms with Crippen molar-refractivity contribution in [1.29, 1.82) is 0 Å². The van der Waals surface area contributed by atoms with E-state index in [0.717, 1.165) is 92.5 Å². The number of rotatable bonds is 7. The van der Waals surface area contributed by atoms with Crippen molar-refractivity contribution in [2.75, 3.05) is 31.9 Å². The molecule has 0 spiro atoms. The van der Waals surface area contributed by atoms with Gasteiger partial charge in [0.2, 0.25) is 0 Å². The van der Waals surface area contributed by atoms with Crippen LogP contribution in [-0.2, 0) is 12.7 Å². The van der Waals surface area contributed by atoms with Crippen LogP contribution < -0.4 is 0 Å². The maximum atomic E-state index is 13.2. The standard InChI is InChI=1S/C26H33F3N6OS/c1-2-37-25-32-22-15-20(26(27,28)29)3-4-23(22)35(25)21-8-13-34(14-9-21)24(36)19-6-11-33(12-7-19)17-18-5-10-30-31-16-18/h3-5,10,15-16,19,21,24,36H,2,6-9,11-14,17H2,1H3. The third-order valence-electron chi connectivity index (χ3n) is 7.60. The summed E-state index contributed by atoms with van der Waals surface area (Å²) in [4.78, 5) is 9.14. The topological polar surface area (TPSA) is 70.3 Å². The number of benzene rings is 1. The predicted octanol–water partition coefficient (Wildman–Crippen LogP) is 4.82. The van der Waals surface area contributed by atoms with Crippen LogP contribution in [0.1, 0.15) is 49.8 Å². The first-order valence-corrected chi connectivity index (χ1v) is 13.9. The van der Waals surface area contributed by atoms with Gasteiger partial charge in [0, 0.05) is 37.8 Å². The lowest BCUT2D eigenvalue weighted by Gasteiger charge is -2.41. The zero-order valence-corrected chi connectivity index (χ0v) is 21.8. The summed E-state index contributed by atoms with van der Waals surface area (Å²) in [6, 6.07) is 6.00. The smallest absolute Gasteiger partial charge is 0.378 e. The largest absolute Gasteiger partial charge is 0.416 e. The first-order chi connectivity index (χ1) is 17.8. The number of halogens is 3. The maximum absolute atomic E-state index is 13.2. The number of hydrogen-bond acceptors (Lipinski definition) is 7. The van der Waals surface area contributed by atoms with Gasteiger partial charge in [0.05, 0.1) is 22.8 Å². The van der Waals surface area contributed by atoms with E-state index in [4.69, 9.17) is 0 Å². The number of thioether (sulfide) groups is 1. The Morgan fingerprint density at radius 1 is 1.05 bits per heavy atom. The first kappa shape index (κ1) is 26.4. The van der Waals surface area contributed by atoms with Gasteiger partial charge in [-0.1, -0.05) is 18.7 Å². The monoisotopic (exact) mass is 534 g/mol. The Morgan fingerprint density at radius 3 is 2.46 bits per heavy atom. The van der Waals surface area contributed by atoms with Crippen molar-refractivity contribution >= 4 is 22.8 Å². The molecule has 0 saturated carbocycles. The number of aliphatic hydroxyl groups excluding tert-OH is 1. The van der Waals surface area contributed by atoms with E-state index in [-0.39, 0.29) is 12.0 Å². The van der Waals surface area contributed by atoms with Crippen LogP contribution in [0, 0.1) is 5.92 Å². The summed E-state index contributed by atoms with van der Waals surface area (Å²) >= 11 is 1.56. The van der Waals surface area contributed by atoms with E-state index in [1.807, 2.05) is 13.0 Å². The van der Waals surface area contributed by atoms with E-state index < -0.39 is 18.0 Å². The predicted molar refractivity (Wildman–Crippen MR) is 137 cm³/mol. The fourth-order valence-corrected chi connectivity index (χ4v) is 6.43. The van der Waals surface area contributed by atoms with Crippen LogP contribution in [0.25, 0.3) is 11.0 Å². The molecule has 0 bridgehead atoms. The molecular weight excluding hydrogens is 501 g/mol. The normalized spacial score (nSPS) is 20.0. The number of fused-ring (bicyclic) bond motifs is 1. The molecule has 2 fully saturated rings. The molecule has 2 aliphatic rings. The molecule has 0 aliphatic carbocycles. The van der Waals surface area contributed by atoms with E-state index in [2.05, 4.69) is 29.5 Å². The van der Waals surface area contributed by atoms with Crippen molar-refractivity contribution in [2.24, 2.45) is 5.92 Å². The van der Waals surface area contributed by atoms with Gasteiger partial charge in [0.15, 0.2) is 5.16 Å². The highest BCUT2D eigenvalue weighted by molar-refractivity contribution is 7.99. The molecule has 1 atom stereocenters. The molecule has 2 saturated heterocycles. The fraction of sp³-hybridized carbons (Fsp3) is 0.577. The van der Waals surface area contributed by atoms with Crippen LogP contribution in [0.4, 0.5) is 13.2 Å². The zero-order chi connectivity index (χ0) is 26.0. The molecule has 7 nitrogen and oxygen atoms in total. The Balaban J connectivity index is 1.20. The second kappa shape index (κ2) is 11.3. The minimum absolute atomic E-state index is 0.148. The molecule has 1 N–H and O–H groups in total. The van der Waals surface area contributed by atoms with E-state index >= 15 is 0 Å². The average molecular weight is 535 g/mol. The molecule has 200 valence electrons. The van der Waals surface area contributed by atoms with Gasteiger partial charge in [-0.25, -0.2) is 4.98 Å². The SMILES string of the molecule is CCSc1nc2cc(C(F)(F)F)ccc2n1C1CCN(C(O)C2CCN(Cc3ccnnc3)CC2)CC1. The number of hydrogen-bond donors (Lipinski definition) is 1. The Hall–Kier alpha value is -2.21. The lowest BCUT2D eigenvalue weighted by Crippen LogP contribution is -2.48. The Labute approximate surface area is 219 Å². The summed E-state index contributed by atoms with van der Waals surface area (Å²) in [6.07, 6.45) is 2.21. The first-order valence-electron chi connectivity index (χ1n) is 13.0. The molecule has 5 rings (SSSR count). The third-order valence-corrected chi connectivity index (χ3v) is 8.44. The quantitative estimate of drug-likeness (QED) is 0.436. The van der Waals surface area contributed by atoms with Crippen molar-refractivity contribution < 1.29 is 18.3 Å². The van der Waals surface area contributed by atoms with Crippen LogP contribution in [0.2, 0.25) is 0 Å².